The number of sulfonamides is 1. The summed E-state index contributed by atoms with van der Waals surface area (Å²) in [6, 6.07) is 10.1. The zero-order valence-corrected chi connectivity index (χ0v) is 16.3. The maximum absolute atomic E-state index is 12.1. The van der Waals surface area contributed by atoms with E-state index in [2.05, 4.69) is 5.32 Å². The minimum atomic E-state index is -4.38. The molecule has 0 aromatic heterocycles. The van der Waals surface area contributed by atoms with Gasteiger partial charge in [0.15, 0.2) is 5.75 Å². The second-order valence-corrected chi connectivity index (χ2v) is 8.04. The predicted molar refractivity (Wildman–Crippen MR) is 108 cm³/mol. The van der Waals surface area contributed by atoms with Crippen molar-refractivity contribution < 1.29 is 38.4 Å². The van der Waals surface area contributed by atoms with Crippen molar-refractivity contribution in [2.24, 2.45) is 5.14 Å². The summed E-state index contributed by atoms with van der Waals surface area (Å²) < 4.78 is 29.7. The van der Waals surface area contributed by atoms with Crippen LogP contribution in [0.1, 0.15) is 16.8 Å². The lowest BCUT2D eigenvalue weighted by atomic mass is 9.50. The van der Waals surface area contributed by atoms with E-state index >= 15 is 0 Å². The molecule has 0 fully saturated rings. The molecule has 0 saturated carbocycles. The zero-order chi connectivity index (χ0) is 22.7. The molecule has 0 aliphatic heterocycles. The lowest BCUT2D eigenvalue weighted by Crippen LogP contribution is -2.46. The van der Waals surface area contributed by atoms with Gasteiger partial charge in [0.2, 0.25) is 10.0 Å². The van der Waals surface area contributed by atoms with Crippen molar-refractivity contribution in [3.63, 3.8) is 0 Å². The van der Waals surface area contributed by atoms with Crippen molar-refractivity contribution in [2.75, 3.05) is 5.32 Å². The highest BCUT2D eigenvalue weighted by Gasteiger charge is 2.40. The Morgan fingerprint density at radius 3 is 2.27 bits per heavy atom. The summed E-state index contributed by atoms with van der Waals surface area (Å²) in [6.07, 6.45) is -2.23. The monoisotopic (exact) mass is 432 g/mol. The van der Waals surface area contributed by atoms with Gasteiger partial charge in [-0.3, -0.25) is 4.79 Å². The van der Waals surface area contributed by atoms with Gasteiger partial charge in [0.25, 0.3) is 5.97 Å². The van der Waals surface area contributed by atoms with E-state index in [1.165, 1.54) is 12.1 Å². The van der Waals surface area contributed by atoms with E-state index in [0.29, 0.717) is 6.29 Å². The van der Waals surface area contributed by atoms with Gasteiger partial charge in [0, 0.05) is 5.56 Å². The van der Waals surface area contributed by atoms with E-state index in [9.17, 15) is 33.6 Å². The molecular formula is C17H18B2N2O8S. The molecule has 30 heavy (non-hydrogen) atoms. The molecule has 2 rings (SSSR count). The van der Waals surface area contributed by atoms with E-state index in [0.717, 1.165) is 12.1 Å². The van der Waals surface area contributed by atoms with Gasteiger partial charge in [-0.25, -0.2) is 13.6 Å². The summed E-state index contributed by atoms with van der Waals surface area (Å²) in [5.74, 6) is -3.67. The molecule has 2 aromatic rings. The minimum Gasteiger partial charge on any atom is -0.454 e. The Labute approximate surface area is 175 Å². The van der Waals surface area contributed by atoms with Crippen molar-refractivity contribution in [2.45, 2.75) is 28.7 Å². The molecule has 0 amide bonds. The number of aldehydes is 1. The normalized spacial score (nSPS) is 13.5. The van der Waals surface area contributed by atoms with E-state index < -0.39 is 38.8 Å². The number of aliphatic hydroxyl groups is 4. The molecule has 0 aliphatic carbocycles. The van der Waals surface area contributed by atoms with Crippen LogP contribution in [0.5, 0.6) is 11.5 Å². The summed E-state index contributed by atoms with van der Waals surface area (Å²) in [7, 11) is 6.40. The summed E-state index contributed by atoms with van der Waals surface area (Å²) in [5.41, 5.74) is -0.322. The zero-order valence-electron chi connectivity index (χ0n) is 15.5. The van der Waals surface area contributed by atoms with Gasteiger partial charge in [0.05, 0.1) is 21.4 Å². The molecule has 0 saturated heterocycles. The maximum atomic E-state index is 12.1. The summed E-state index contributed by atoms with van der Waals surface area (Å²) >= 11 is 0. The number of benzene rings is 2. The fourth-order valence-corrected chi connectivity index (χ4v) is 3.12. The van der Waals surface area contributed by atoms with Crippen LogP contribution in [0.3, 0.4) is 0 Å². The van der Waals surface area contributed by atoms with E-state index in [-0.39, 0.29) is 22.7 Å². The summed E-state index contributed by atoms with van der Waals surface area (Å²) in [6.45, 7) is 0. The van der Waals surface area contributed by atoms with Gasteiger partial charge >= 0.3 is 0 Å². The number of carbonyl (C=O) groups is 1. The minimum absolute atomic E-state index is 0.123. The number of para-hydroxylation sites is 1. The van der Waals surface area contributed by atoms with Gasteiger partial charge in [-0.15, -0.1) is 0 Å². The van der Waals surface area contributed by atoms with Crippen LogP contribution in [0.2, 0.25) is 5.21 Å². The topological polar surface area (TPSA) is 179 Å². The second-order valence-electron chi connectivity index (χ2n) is 6.51. The van der Waals surface area contributed by atoms with Crippen molar-refractivity contribution in [3.05, 3.63) is 48.0 Å². The summed E-state index contributed by atoms with van der Waals surface area (Å²) in [4.78, 5) is 10.7. The molecule has 156 valence electrons. The number of carbonyl (C=O) groups excluding carboxylic acids is 1. The van der Waals surface area contributed by atoms with Crippen LogP contribution in [0.15, 0.2) is 47.4 Å². The highest BCUT2D eigenvalue weighted by atomic mass is 32.2. The standard InChI is InChI=1S/C17H18B2N2O8S/c18-16(19,17(24,25)26)8-14(23)21-12-6-10(9-22)7-13(30(20,27)28)15(12)29-11-4-2-1-3-5-11/h1-7,9,14,21,23-26H,8H2,(H2,20,27,28). The van der Waals surface area contributed by atoms with E-state index in [1.807, 2.05) is 0 Å². The van der Waals surface area contributed by atoms with Crippen molar-refractivity contribution in [1.82, 2.24) is 0 Å². The molecule has 0 bridgehead atoms. The molecule has 0 heterocycles. The van der Waals surface area contributed by atoms with Crippen LogP contribution in [0.4, 0.5) is 5.69 Å². The van der Waals surface area contributed by atoms with Crippen molar-refractivity contribution >= 4 is 37.7 Å². The first-order chi connectivity index (χ1) is 13.7. The van der Waals surface area contributed by atoms with Gasteiger partial charge in [-0.05, 0) is 35.9 Å². The third kappa shape index (κ3) is 5.81. The average Bonchev–Trinajstić information content (AvgIpc) is 2.61. The quantitative estimate of drug-likeness (QED) is 0.167. The van der Waals surface area contributed by atoms with Crippen LogP contribution >= 0.6 is 0 Å². The number of hydrogen-bond acceptors (Lipinski definition) is 9. The van der Waals surface area contributed by atoms with E-state index in [1.54, 1.807) is 18.2 Å². The first-order valence-corrected chi connectivity index (χ1v) is 9.87. The first kappa shape index (κ1) is 23.9. The molecule has 10 nitrogen and oxygen atoms in total. The molecule has 4 radical (unpaired) electrons. The largest absolute Gasteiger partial charge is 0.454 e. The van der Waals surface area contributed by atoms with Crippen LogP contribution in [-0.2, 0) is 10.0 Å². The second kappa shape index (κ2) is 8.76. The molecule has 1 atom stereocenters. The fraction of sp³-hybridized carbons (Fsp3) is 0.235. The number of rotatable bonds is 9. The molecule has 0 spiro atoms. The highest BCUT2D eigenvalue weighted by Crippen LogP contribution is 2.39. The van der Waals surface area contributed by atoms with Gasteiger partial charge in [-0.2, -0.15) is 0 Å². The lowest BCUT2D eigenvalue weighted by molar-refractivity contribution is -0.323. The van der Waals surface area contributed by atoms with Crippen LogP contribution in [0, 0.1) is 0 Å². The number of nitrogens with two attached hydrogens (primary N) is 1. The average molecular weight is 432 g/mol. The Balaban J connectivity index is 2.52. The first-order valence-electron chi connectivity index (χ1n) is 8.33. The number of aliphatic hydroxyl groups excluding tert-OH is 1. The number of ether oxygens (including phenoxy) is 1. The molecule has 1 unspecified atom stereocenters. The predicted octanol–water partition coefficient (Wildman–Crippen LogP) is -0.857. The Morgan fingerprint density at radius 2 is 1.77 bits per heavy atom. The summed E-state index contributed by atoms with van der Waals surface area (Å²) in [5, 5.41) is 42.9. The number of hydrogen-bond donors (Lipinski definition) is 6. The smallest absolute Gasteiger partial charge is 0.265 e. The third-order valence-electron chi connectivity index (χ3n) is 3.96. The Hall–Kier alpha value is -2.41. The third-order valence-corrected chi connectivity index (χ3v) is 4.88. The fourth-order valence-electron chi connectivity index (χ4n) is 2.41. The van der Waals surface area contributed by atoms with Crippen LogP contribution < -0.4 is 15.2 Å². The Morgan fingerprint density at radius 1 is 1.17 bits per heavy atom. The Kier molecular flexibility index (Phi) is 6.97. The van der Waals surface area contributed by atoms with E-state index in [4.69, 9.17) is 25.6 Å². The molecular weight excluding hydrogens is 414 g/mol. The molecule has 7 N–H and O–H groups in total. The number of nitrogens with one attached hydrogen (secondary N) is 1. The number of primary sulfonamides is 1. The lowest BCUT2D eigenvalue weighted by Gasteiger charge is -2.36. The van der Waals surface area contributed by atoms with Gasteiger partial charge in [0.1, 0.15) is 23.2 Å². The van der Waals surface area contributed by atoms with Gasteiger partial charge < -0.3 is 30.5 Å². The SMILES string of the molecule is [B]C([B])(CC(O)Nc1cc(C=O)cc(S(N)(=O)=O)c1Oc1ccccc1)C(O)(O)O. The van der Waals surface area contributed by atoms with Crippen molar-refractivity contribution in [3.8, 4) is 11.5 Å². The van der Waals surface area contributed by atoms with Crippen LogP contribution in [0.25, 0.3) is 0 Å². The molecule has 0 aliphatic rings. The molecule has 13 heteroatoms. The van der Waals surface area contributed by atoms with Gasteiger partial charge in [-0.1, -0.05) is 18.2 Å². The van der Waals surface area contributed by atoms with Crippen molar-refractivity contribution in [1.29, 1.82) is 0 Å². The Bertz CT molecular complexity index is 1010. The number of anilines is 1. The maximum Gasteiger partial charge on any atom is 0.265 e. The molecule has 2 aromatic carbocycles. The highest BCUT2D eigenvalue weighted by molar-refractivity contribution is 7.89. The van der Waals surface area contributed by atoms with Crippen LogP contribution in [-0.4, -0.2) is 63.0 Å².